The fourth-order valence-corrected chi connectivity index (χ4v) is 1.31. The van der Waals surface area contributed by atoms with Crippen LogP contribution in [-0.4, -0.2) is 23.0 Å². The van der Waals surface area contributed by atoms with E-state index in [-0.39, 0.29) is 5.75 Å². The van der Waals surface area contributed by atoms with E-state index in [4.69, 9.17) is 11.6 Å². The zero-order valence-electron chi connectivity index (χ0n) is 8.84. The number of ether oxygens (including phenoxy) is 1. The fourth-order valence-electron chi connectivity index (χ4n) is 1.11. The molecule has 4 nitrogen and oxygen atoms in total. The number of hydrogen-bond acceptors (Lipinski definition) is 4. The first-order valence-corrected chi connectivity index (χ1v) is 4.83. The number of hydrogen-bond donors (Lipinski definition) is 1. The van der Waals surface area contributed by atoms with Gasteiger partial charge in [0.15, 0.2) is 5.75 Å². The Morgan fingerprint density at radius 2 is 1.89 bits per heavy atom. The third-order valence-corrected chi connectivity index (χ3v) is 2.10. The molecule has 0 aromatic heterocycles. The molecule has 0 unspecified atom stereocenters. The smallest absolute Gasteiger partial charge is 0.455 e. The highest BCUT2D eigenvalue weighted by atomic mass is 35.5. The van der Waals surface area contributed by atoms with Crippen molar-refractivity contribution in [2.45, 2.75) is 13.1 Å². The van der Waals surface area contributed by atoms with Gasteiger partial charge >= 0.3 is 12.1 Å². The summed E-state index contributed by atoms with van der Waals surface area (Å²) in [6, 6.07) is 1.26. The van der Waals surface area contributed by atoms with Crippen molar-refractivity contribution in [2.75, 3.05) is 0 Å². The zero-order valence-corrected chi connectivity index (χ0v) is 9.59. The van der Waals surface area contributed by atoms with E-state index in [1.165, 1.54) is 0 Å². The molecule has 0 saturated heterocycles. The quantitative estimate of drug-likeness (QED) is 0.515. The minimum absolute atomic E-state index is 0.333. The lowest BCUT2D eigenvalue weighted by atomic mass is 10.1. The maximum atomic E-state index is 12.2. The van der Waals surface area contributed by atoms with Gasteiger partial charge in [0.1, 0.15) is 5.75 Å². The molecule has 0 heterocycles. The summed E-state index contributed by atoms with van der Waals surface area (Å²) in [7, 11) is 0. The SMILES string of the molecule is CC(=O)Oc1cc(O)c(C(=O)C(F)(F)F)cc1Cl. The number of benzene rings is 1. The Labute approximate surface area is 104 Å². The normalized spacial score (nSPS) is 11.2. The van der Waals surface area contributed by atoms with Gasteiger partial charge in [-0.05, 0) is 6.07 Å². The van der Waals surface area contributed by atoms with E-state index in [1.807, 2.05) is 0 Å². The Balaban J connectivity index is 3.23. The van der Waals surface area contributed by atoms with E-state index >= 15 is 0 Å². The summed E-state index contributed by atoms with van der Waals surface area (Å²) in [5.74, 6) is -4.32. The van der Waals surface area contributed by atoms with E-state index in [1.54, 1.807) is 0 Å². The lowest BCUT2D eigenvalue weighted by Gasteiger charge is -2.10. The van der Waals surface area contributed by atoms with Gasteiger partial charge in [0.05, 0.1) is 10.6 Å². The highest BCUT2D eigenvalue weighted by Gasteiger charge is 2.41. The third-order valence-electron chi connectivity index (χ3n) is 1.81. The molecule has 18 heavy (non-hydrogen) atoms. The zero-order chi connectivity index (χ0) is 14.1. The number of phenols is 1. The second-order valence-electron chi connectivity index (χ2n) is 3.22. The van der Waals surface area contributed by atoms with Crippen molar-refractivity contribution < 1.29 is 32.6 Å². The number of carbonyl (C=O) groups excluding carboxylic acids is 2. The molecule has 0 aliphatic carbocycles. The van der Waals surface area contributed by atoms with E-state index in [0.717, 1.165) is 6.92 Å². The maximum absolute atomic E-state index is 12.2. The van der Waals surface area contributed by atoms with Crippen molar-refractivity contribution in [3.8, 4) is 11.5 Å². The summed E-state index contributed by atoms with van der Waals surface area (Å²) in [6.07, 6.45) is -5.14. The molecule has 1 N–H and O–H groups in total. The predicted octanol–water partition coefficient (Wildman–Crippen LogP) is 2.72. The number of alkyl halides is 3. The Morgan fingerprint density at radius 1 is 1.33 bits per heavy atom. The van der Waals surface area contributed by atoms with Crippen LogP contribution in [0.2, 0.25) is 5.02 Å². The number of carbonyl (C=O) groups is 2. The van der Waals surface area contributed by atoms with Crippen molar-refractivity contribution >= 4 is 23.4 Å². The topological polar surface area (TPSA) is 63.6 Å². The van der Waals surface area contributed by atoms with Crippen LogP contribution in [0.1, 0.15) is 17.3 Å². The second kappa shape index (κ2) is 4.85. The maximum Gasteiger partial charge on any atom is 0.455 e. The summed E-state index contributed by atoms with van der Waals surface area (Å²) in [5.41, 5.74) is -1.01. The van der Waals surface area contributed by atoms with Crippen LogP contribution in [0.4, 0.5) is 13.2 Å². The minimum Gasteiger partial charge on any atom is -0.507 e. The molecule has 0 radical (unpaired) electrons. The highest BCUT2D eigenvalue weighted by molar-refractivity contribution is 6.32. The van der Waals surface area contributed by atoms with Crippen molar-refractivity contribution in [1.29, 1.82) is 0 Å². The molecule has 0 saturated carbocycles. The van der Waals surface area contributed by atoms with Crippen LogP contribution < -0.4 is 4.74 Å². The Bertz CT molecular complexity index is 511. The molecule has 0 bridgehead atoms. The molecular weight excluding hydrogens is 277 g/mol. The van der Waals surface area contributed by atoms with Crippen LogP contribution in [0.5, 0.6) is 11.5 Å². The molecule has 98 valence electrons. The molecule has 0 atom stereocenters. The lowest BCUT2D eigenvalue weighted by molar-refractivity contribution is -0.131. The molecule has 1 rings (SSSR count). The second-order valence-corrected chi connectivity index (χ2v) is 3.63. The summed E-state index contributed by atoms with van der Waals surface area (Å²) >= 11 is 5.53. The molecule has 8 heteroatoms. The highest BCUT2D eigenvalue weighted by Crippen LogP contribution is 2.35. The average Bonchev–Trinajstić information content (AvgIpc) is 2.20. The lowest BCUT2D eigenvalue weighted by Crippen LogP contribution is -2.22. The van der Waals surface area contributed by atoms with Gasteiger partial charge in [0, 0.05) is 13.0 Å². The van der Waals surface area contributed by atoms with Crippen molar-refractivity contribution in [1.82, 2.24) is 0 Å². The van der Waals surface area contributed by atoms with Gasteiger partial charge in [-0.1, -0.05) is 11.6 Å². The van der Waals surface area contributed by atoms with E-state index in [0.29, 0.717) is 12.1 Å². The molecule has 0 aliphatic heterocycles. The van der Waals surface area contributed by atoms with Gasteiger partial charge in [0.25, 0.3) is 5.78 Å². The number of phenolic OH excluding ortho intramolecular Hbond substituents is 1. The molecule has 1 aromatic carbocycles. The number of Topliss-reactive ketones (excluding diaryl/α,β-unsaturated/α-hetero) is 1. The van der Waals surface area contributed by atoms with Crippen LogP contribution in [0.3, 0.4) is 0 Å². The summed E-state index contributed by atoms with van der Waals surface area (Å²) in [4.78, 5) is 21.6. The van der Waals surface area contributed by atoms with Crippen molar-refractivity contribution in [3.05, 3.63) is 22.7 Å². The van der Waals surface area contributed by atoms with Gasteiger partial charge in [0.2, 0.25) is 0 Å². The summed E-state index contributed by atoms with van der Waals surface area (Å²) in [6.45, 7) is 1.04. The summed E-state index contributed by atoms with van der Waals surface area (Å²) in [5, 5.41) is 8.90. The third kappa shape index (κ3) is 3.13. The van der Waals surface area contributed by atoms with Crippen molar-refractivity contribution in [2.24, 2.45) is 0 Å². The van der Waals surface area contributed by atoms with Crippen LogP contribution in [0.15, 0.2) is 12.1 Å². The Hall–Kier alpha value is -1.76. The average molecular weight is 283 g/mol. The molecular formula is C10H6ClF3O4. The minimum atomic E-state index is -5.14. The van der Waals surface area contributed by atoms with Gasteiger partial charge in [-0.2, -0.15) is 13.2 Å². The van der Waals surface area contributed by atoms with E-state index < -0.39 is 34.3 Å². The standard InChI is InChI=1S/C10H6ClF3O4/c1-4(15)18-8-3-7(16)5(2-6(8)11)9(17)10(12,13)14/h2-3,16H,1H3. The number of halogens is 4. The van der Waals surface area contributed by atoms with Crippen LogP contribution in [0, 0.1) is 0 Å². The van der Waals surface area contributed by atoms with Crippen molar-refractivity contribution in [3.63, 3.8) is 0 Å². The van der Waals surface area contributed by atoms with Gasteiger partial charge in [-0.25, -0.2) is 0 Å². The van der Waals surface area contributed by atoms with E-state index in [2.05, 4.69) is 4.74 Å². The van der Waals surface area contributed by atoms with Gasteiger partial charge in [-0.15, -0.1) is 0 Å². The fraction of sp³-hybridized carbons (Fsp3) is 0.200. The largest absolute Gasteiger partial charge is 0.507 e. The van der Waals surface area contributed by atoms with Crippen LogP contribution in [0.25, 0.3) is 0 Å². The first-order chi connectivity index (χ1) is 8.12. The Morgan fingerprint density at radius 3 is 2.33 bits per heavy atom. The molecule has 1 aromatic rings. The number of esters is 1. The predicted molar refractivity (Wildman–Crippen MR) is 54.8 cm³/mol. The first kappa shape index (κ1) is 14.3. The Kier molecular flexibility index (Phi) is 3.85. The van der Waals surface area contributed by atoms with Crippen LogP contribution in [-0.2, 0) is 4.79 Å². The van der Waals surface area contributed by atoms with E-state index in [9.17, 15) is 27.9 Å². The van der Waals surface area contributed by atoms with Gasteiger partial charge in [-0.3, -0.25) is 9.59 Å². The molecule has 0 spiro atoms. The number of ketones is 1. The number of aromatic hydroxyl groups is 1. The molecule has 0 amide bonds. The molecule has 0 aliphatic rings. The van der Waals surface area contributed by atoms with Gasteiger partial charge < -0.3 is 9.84 Å². The number of rotatable bonds is 2. The van der Waals surface area contributed by atoms with Crippen LogP contribution >= 0.6 is 11.6 Å². The first-order valence-electron chi connectivity index (χ1n) is 4.45. The summed E-state index contributed by atoms with van der Waals surface area (Å²) < 4.78 is 41.0. The molecule has 0 fully saturated rings. The monoisotopic (exact) mass is 282 g/mol.